The molecule has 0 bridgehead atoms. The first-order valence-corrected chi connectivity index (χ1v) is 8.49. The van der Waals surface area contributed by atoms with E-state index in [1.54, 1.807) is 36.4 Å². The molecule has 6 heteroatoms. The molecule has 0 spiro atoms. The Balaban J connectivity index is 1.66. The van der Waals surface area contributed by atoms with Gasteiger partial charge in [-0.1, -0.05) is 35.3 Å². The summed E-state index contributed by atoms with van der Waals surface area (Å²) >= 11 is 12.1. The van der Waals surface area contributed by atoms with Crippen LogP contribution >= 0.6 is 23.2 Å². The second kappa shape index (κ2) is 7.88. The quantitative estimate of drug-likeness (QED) is 0.827. The second-order valence-corrected chi connectivity index (χ2v) is 6.31. The molecule has 1 unspecified atom stereocenters. The maximum Gasteiger partial charge on any atom is 0.255 e. The van der Waals surface area contributed by atoms with Gasteiger partial charge in [-0.15, -0.1) is 0 Å². The molecule has 2 aromatic rings. The van der Waals surface area contributed by atoms with Crippen molar-refractivity contribution in [1.82, 2.24) is 0 Å². The zero-order chi connectivity index (χ0) is 16.9. The fourth-order valence-electron chi connectivity index (χ4n) is 2.49. The minimum absolute atomic E-state index is 0.132. The van der Waals surface area contributed by atoms with Crippen LogP contribution in [-0.4, -0.2) is 25.2 Å². The van der Waals surface area contributed by atoms with E-state index in [1.807, 2.05) is 6.07 Å². The first-order valence-electron chi connectivity index (χ1n) is 7.73. The zero-order valence-electron chi connectivity index (χ0n) is 12.9. The Morgan fingerprint density at radius 1 is 1.25 bits per heavy atom. The minimum Gasteiger partial charge on any atom is -0.491 e. The fraction of sp³-hybridized carbons (Fsp3) is 0.278. The molecule has 1 fully saturated rings. The number of anilines is 1. The van der Waals surface area contributed by atoms with E-state index in [0.717, 1.165) is 19.4 Å². The molecular weight excluding hydrogens is 349 g/mol. The average molecular weight is 366 g/mol. The third kappa shape index (κ3) is 4.20. The van der Waals surface area contributed by atoms with Crippen LogP contribution in [0.4, 0.5) is 5.69 Å². The van der Waals surface area contributed by atoms with Crippen molar-refractivity contribution >= 4 is 34.8 Å². The number of carbonyl (C=O) groups is 1. The van der Waals surface area contributed by atoms with E-state index >= 15 is 0 Å². The molecule has 0 radical (unpaired) electrons. The number of ether oxygens (including phenoxy) is 2. The lowest BCUT2D eigenvalue weighted by Gasteiger charge is -2.12. The molecule has 1 aliphatic heterocycles. The summed E-state index contributed by atoms with van der Waals surface area (Å²) in [5.74, 6) is 0.358. The molecule has 24 heavy (non-hydrogen) atoms. The van der Waals surface area contributed by atoms with E-state index in [1.165, 1.54) is 0 Å². The van der Waals surface area contributed by atoms with E-state index in [2.05, 4.69) is 5.32 Å². The topological polar surface area (TPSA) is 47.6 Å². The van der Waals surface area contributed by atoms with Crippen molar-refractivity contribution in [3.63, 3.8) is 0 Å². The van der Waals surface area contributed by atoms with Gasteiger partial charge < -0.3 is 14.8 Å². The Morgan fingerprint density at radius 2 is 2.08 bits per heavy atom. The van der Waals surface area contributed by atoms with Gasteiger partial charge in [0.1, 0.15) is 12.4 Å². The summed E-state index contributed by atoms with van der Waals surface area (Å²) in [6, 6.07) is 12.1. The maximum atomic E-state index is 12.4. The molecule has 1 heterocycles. The third-order valence-corrected chi connectivity index (χ3v) is 4.57. The number of benzene rings is 2. The van der Waals surface area contributed by atoms with Gasteiger partial charge in [0.05, 0.1) is 21.8 Å². The van der Waals surface area contributed by atoms with Gasteiger partial charge in [0.2, 0.25) is 0 Å². The van der Waals surface area contributed by atoms with Crippen LogP contribution < -0.4 is 10.1 Å². The van der Waals surface area contributed by atoms with Crippen molar-refractivity contribution in [2.75, 3.05) is 18.5 Å². The van der Waals surface area contributed by atoms with Crippen molar-refractivity contribution in [3.8, 4) is 5.75 Å². The molecule has 1 N–H and O–H groups in total. The number of hydrogen-bond acceptors (Lipinski definition) is 3. The Morgan fingerprint density at radius 3 is 2.88 bits per heavy atom. The molecule has 1 atom stereocenters. The van der Waals surface area contributed by atoms with Crippen LogP contribution in [0.5, 0.6) is 5.75 Å². The number of rotatable bonds is 5. The summed E-state index contributed by atoms with van der Waals surface area (Å²) in [6.45, 7) is 1.28. The van der Waals surface area contributed by atoms with Crippen LogP contribution in [0.25, 0.3) is 0 Å². The molecule has 0 saturated carbocycles. The summed E-state index contributed by atoms with van der Waals surface area (Å²) in [4.78, 5) is 12.4. The second-order valence-electron chi connectivity index (χ2n) is 5.53. The predicted molar refractivity (Wildman–Crippen MR) is 95.3 cm³/mol. The average Bonchev–Trinajstić information content (AvgIpc) is 3.11. The van der Waals surface area contributed by atoms with Crippen LogP contribution in [0.3, 0.4) is 0 Å². The Labute approximate surface area is 150 Å². The molecular formula is C18H17Cl2NO3. The van der Waals surface area contributed by atoms with E-state index in [-0.39, 0.29) is 12.0 Å². The van der Waals surface area contributed by atoms with Crippen molar-refractivity contribution < 1.29 is 14.3 Å². The Kier molecular flexibility index (Phi) is 5.61. The van der Waals surface area contributed by atoms with E-state index < -0.39 is 0 Å². The lowest BCUT2D eigenvalue weighted by molar-refractivity contribution is 0.0679. The van der Waals surface area contributed by atoms with Gasteiger partial charge >= 0.3 is 0 Å². The smallest absolute Gasteiger partial charge is 0.255 e. The van der Waals surface area contributed by atoms with E-state index in [4.69, 9.17) is 32.7 Å². The van der Waals surface area contributed by atoms with Crippen molar-refractivity contribution in [3.05, 3.63) is 58.1 Å². The third-order valence-electron chi connectivity index (χ3n) is 3.76. The van der Waals surface area contributed by atoms with E-state index in [0.29, 0.717) is 33.7 Å². The van der Waals surface area contributed by atoms with Crippen molar-refractivity contribution in [2.24, 2.45) is 0 Å². The highest BCUT2D eigenvalue weighted by atomic mass is 35.5. The molecule has 0 aliphatic carbocycles. The van der Waals surface area contributed by atoms with Crippen LogP contribution in [0, 0.1) is 0 Å². The molecule has 4 nitrogen and oxygen atoms in total. The van der Waals surface area contributed by atoms with Gasteiger partial charge in [0.15, 0.2) is 0 Å². The molecule has 1 amide bonds. The van der Waals surface area contributed by atoms with Crippen LogP contribution in [0.2, 0.25) is 10.0 Å². The number of nitrogens with one attached hydrogen (secondary N) is 1. The SMILES string of the molecule is O=C(Nc1cccc(Cl)c1Cl)c1cccc(OCC2CCCO2)c1. The summed E-state index contributed by atoms with van der Waals surface area (Å²) in [6.07, 6.45) is 2.21. The monoisotopic (exact) mass is 365 g/mol. The first-order chi connectivity index (χ1) is 11.6. The Bertz CT molecular complexity index is 730. The highest BCUT2D eigenvalue weighted by Gasteiger charge is 2.16. The van der Waals surface area contributed by atoms with Gasteiger partial charge in [-0.3, -0.25) is 4.79 Å². The highest BCUT2D eigenvalue weighted by molar-refractivity contribution is 6.44. The fourth-order valence-corrected chi connectivity index (χ4v) is 2.83. The minimum atomic E-state index is -0.276. The van der Waals surface area contributed by atoms with Crippen molar-refractivity contribution in [1.29, 1.82) is 0 Å². The van der Waals surface area contributed by atoms with Gasteiger partial charge in [-0.05, 0) is 43.2 Å². The lowest BCUT2D eigenvalue weighted by Crippen LogP contribution is -2.17. The molecule has 3 rings (SSSR count). The van der Waals surface area contributed by atoms with Crippen molar-refractivity contribution in [2.45, 2.75) is 18.9 Å². The first kappa shape index (κ1) is 17.1. The highest BCUT2D eigenvalue weighted by Crippen LogP contribution is 2.30. The lowest BCUT2D eigenvalue weighted by atomic mass is 10.2. The largest absolute Gasteiger partial charge is 0.491 e. The van der Waals surface area contributed by atoms with Crippen LogP contribution in [-0.2, 0) is 4.74 Å². The zero-order valence-corrected chi connectivity index (χ0v) is 14.4. The normalized spacial score (nSPS) is 16.8. The molecule has 1 saturated heterocycles. The maximum absolute atomic E-state index is 12.4. The molecule has 0 aromatic heterocycles. The van der Waals surface area contributed by atoms with Crippen LogP contribution in [0.15, 0.2) is 42.5 Å². The number of hydrogen-bond donors (Lipinski definition) is 1. The molecule has 126 valence electrons. The Hall–Kier alpha value is -1.75. The van der Waals surface area contributed by atoms with E-state index in [9.17, 15) is 4.79 Å². The molecule has 2 aromatic carbocycles. The molecule has 1 aliphatic rings. The summed E-state index contributed by atoms with van der Waals surface area (Å²) in [5.41, 5.74) is 0.954. The number of amides is 1. The van der Waals surface area contributed by atoms with Gasteiger partial charge in [0.25, 0.3) is 5.91 Å². The van der Waals surface area contributed by atoms with Gasteiger partial charge in [-0.25, -0.2) is 0 Å². The van der Waals surface area contributed by atoms with Gasteiger partial charge in [-0.2, -0.15) is 0 Å². The number of halogens is 2. The predicted octanol–water partition coefficient (Wildman–Crippen LogP) is 4.80. The summed E-state index contributed by atoms with van der Waals surface area (Å²) in [5, 5.41) is 3.47. The standard InChI is InChI=1S/C18H17Cl2NO3/c19-15-7-2-8-16(17(15)20)21-18(22)12-4-1-5-13(10-12)24-11-14-6-3-9-23-14/h1-2,4-5,7-8,10,14H,3,6,9,11H2,(H,21,22). The number of carbonyl (C=O) groups excluding carboxylic acids is 1. The van der Waals surface area contributed by atoms with Gasteiger partial charge in [0, 0.05) is 12.2 Å². The summed E-state index contributed by atoms with van der Waals surface area (Å²) in [7, 11) is 0. The summed E-state index contributed by atoms with van der Waals surface area (Å²) < 4.78 is 11.2. The van der Waals surface area contributed by atoms with Crippen LogP contribution in [0.1, 0.15) is 23.2 Å².